The molecule has 0 unspecified atom stereocenters. The predicted molar refractivity (Wildman–Crippen MR) is 94.0 cm³/mol. The predicted octanol–water partition coefficient (Wildman–Crippen LogP) is 4.76. The van der Waals surface area contributed by atoms with E-state index in [0.29, 0.717) is 20.3 Å². The van der Waals surface area contributed by atoms with Crippen LogP contribution in [-0.4, -0.2) is 11.1 Å². The molecule has 2 aromatic rings. The Hall–Kier alpha value is -2.10. The van der Waals surface area contributed by atoms with Crippen LogP contribution < -0.4 is 4.74 Å². The summed E-state index contributed by atoms with van der Waals surface area (Å²) in [5, 5.41) is 17.8. The fourth-order valence-electron chi connectivity index (χ4n) is 1.89. The van der Waals surface area contributed by atoms with Gasteiger partial charge in [0.25, 0.3) is 0 Å². The number of nitrogens with zero attached hydrogens (tertiary/aromatic N) is 1. The molecule has 0 aliphatic carbocycles. The Balaban J connectivity index is 2.21. The van der Waals surface area contributed by atoms with Gasteiger partial charge in [0, 0.05) is 11.6 Å². The van der Waals surface area contributed by atoms with Crippen molar-refractivity contribution in [3.63, 3.8) is 0 Å². The molecule has 23 heavy (non-hydrogen) atoms. The van der Waals surface area contributed by atoms with Crippen molar-refractivity contribution in [2.45, 2.75) is 6.61 Å². The summed E-state index contributed by atoms with van der Waals surface area (Å²) in [6.45, 7) is 0.255. The van der Waals surface area contributed by atoms with Crippen molar-refractivity contribution in [1.82, 2.24) is 0 Å². The first-order valence-electron chi connectivity index (χ1n) is 6.52. The summed E-state index contributed by atoms with van der Waals surface area (Å²) in [6.07, 6.45) is 2.56. The van der Waals surface area contributed by atoms with Gasteiger partial charge in [0.2, 0.25) is 0 Å². The fourth-order valence-corrected chi connectivity index (χ4v) is 3.34. The molecule has 0 fully saturated rings. The van der Waals surface area contributed by atoms with Crippen LogP contribution in [0.5, 0.6) is 5.75 Å². The number of ether oxygens (including phenoxy) is 1. The average molecular weight is 437 g/mol. The maximum Gasteiger partial charge on any atom is 0.328 e. The smallest absolute Gasteiger partial charge is 0.328 e. The van der Waals surface area contributed by atoms with E-state index in [2.05, 4.69) is 37.9 Å². The Morgan fingerprint density at radius 2 is 1.91 bits per heavy atom. The van der Waals surface area contributed by atoms with Gasteiger partial charge in [0.15, 0.2) is 0 Å². The average Bonchev–Trinajstić information content (AvgIpc) is 2.52. The summed E-state index contributed by atoms with van der Waals surface area (Å²) < 4.78 is 7.16. The maximum atomic E-state index is 10.6. The molecular formula is C17H11Br2NO3. The second-order valence-electron chi connectivity index (χ2n) is 4.54. The van der Waals surface area contributed by atoms with E-state index >= 15 is 0 Å². The number of rotatable bonds is 5. The quantitative estimate of drug-likeness (QED) is 0.686. The molecule has 0 radical (unpaired) electrons. The van der Waals surface area contributed by atoms with Gasteiger partial charge in [0.1, 0.15) is 12.4 Å². The molecule has 0 aliphatic rings. The number of nitriles is 1. The summed E-state index contributed by atoms with van der Waals surface area (Å²) >= 11 is 6.83. The van der Waals surface area contributed by atoms with Crippen molar-refractivity contribution in [3.8, 4) is 11.8 Å². The van der Waals surface area contributed by atoms with E-state index in [-0.39, 0.29) is 6.61 Å². The zero-order valence-corrected chi connectivity index (χ0v) is 15.0. The highest BCUT2D eigenvalue weighted by atomic mass is 79.9. The molecule has 0 aliphatic heterocycles. The number of carbonyl (C=O) groups is 1. The van der Waals surface area contributed by atoms with Crippen LogP contribution in [0.4, 0.5) is 0 Å². The number of halogens is 2. The SMILES string of the molecule is N#Cc1ccccc1COc1c(Br)cc(/C=C/C(=O)O)cc1Br. The molecular weight excluding hydrogens is 426 g/mol. The topological polar surface area (TPSA) is 70.3 Å². The highest BCUT2D eigenvalue weighted by molar-refractivity contribution is 9.11. The minimum absolute atomic E-state index is 0.255. The zero-order valence-electron chi connectivity index (χ0n) is 11.8. The number of hydrogen-bond donors (Lipinski definition) is 1. The van der Waals surface area contributed by atoms with E-state index in [1.807, 2.05) is 12.1 Å². The third-order valence-corrected chi connectivity index (χ3v) is 4.13. The molecule has 0 atom stereocenters. The summed E-state index contributed by atoms with van der Waals surface area (Å²) in [6, 6.07) is 12.9. The number of benzene rings is 2. The second kappa shape index (κ2) is 7.95. The van der Waals surface area contributed by atoms with Gasteiger partial charge in [-0.2, -0.15) is 5.26 Å². The lowest BCUT2D eigenvalue weighted by molar-refractivity contribution is -0.131. The van der Waals surface area contributed by atoms with Crippen molar-refractivity contribution >= 4 is 43.9 Å². The maximum absolute atomic E-state index is 10.6. The van der Waals surface area contributed by atoms with Crippen LogP contribution in [0.15, 0.2) is 51.4 Å². The van der Waals surface area contributed by atoms with Gasteiger partial charge >= 0.3 is 5.97 Å². The normalized spacial score (nSPS) is 10.5. The molecule has 0 saturated heterocycles. The Morgan fingerprint density at radius 3 is 2.52 bits per heavy atom. The highest BCUT2D eigenvalue weighted by Crippen LogP contribution is 2.35. The second-order valence-corrected chi connectivity index (χ2v) is 6.25. The number of aliphatic carboxylic acids is 1. The Bertz CT molecular complexity index is 787. The molecule has 0 spiro atoms. The summed E-state index contributed by atoms with van der Waals surface area (Å²) in [4.78, 5) is 10.6. The third-order valence-electron chi connectivity index (χ3n) is 2.95. The van der Waals surface area contributed by atoms with Gasteiger partial charge in [-0.05, 0) is 61.7 Å². The lowest BCUT2D eigenvalue weighted by atomic mass is 10.1. The van der Waals surface area contributed by atoms with Crippen LogP contribution in [0.2, 0.25) is 0 Å². The zero-order chi connectivity index (χ0) is 16.8. The minimum atomic E-state index is -1.01. The number of carboxylic acid groups (broad SMARTS) is 1. The lowest BCUT2D eigenvalue weighted by Gasteiger charge is -2.12. The van der Waals surface area contributed by atoms with Crippen molar-refractivity contribution in [1.29, 1.82) is 5.26 Å². The third kappa shape index (κ3) is 4.68. The molecule has 4 nitrogen and oxygen atoms in total. The van der Waals surface area contributed by atoms with Crippen molar-refractivity contribution in [2.24, 2.45) is 0 Å². The number of carboxylic acids is 1. The monoisotopic (exact) mass is 435 g/mol. The van der Waals surface area contributed by atoms with Gasteiger partial charge in [-0.1, -0.05) is 18.2 Å². The van der Waals surface area contributed by atoms with Crippen LogP contribution in [0.1, 0.15) is 16.7 Å². The highest BCUT2D eigenvalue weighted by Gasteiger charge is 2.10. The van der Waals surface area contributed by atoms with Gasteiger partial charge in [-0.3, -0.25) is 0 Å². The number of hydrogen-bond acceptors (Lipinski definition) is 3. The molecule has 0 bridgehead atoms. The van der Waals surface area contributed by atoms with Crippen LogP contribution in [0, 0.1) is 11.3 Å². The molecule has 0 saturated carbocycles. The Kier molecular flexibility index (Phi) is 5.97. The van der Waals surface area contributed by atoms with Crippen molar-refractivity contribution < 1.29 is 14.6 Å². The fraction of sp³-hybridized carbons (Fsp3) is 0.0588. The van der Waals surface area contributed by atoms with Crippen molar-refractivity contribution in [3.05, 3.63) is 68.1 Å². The van der Waals surface area contributed by atoms with E-state index in [9.17, 15) is 4.79 Å². The Morgan fingerprint density at radius 1 is 1.26 bits per heavy atom. The standard InChI is InChI=1S/C17H11Br2NO3/c18-14-7-11(5-6-16(21)22)8-15(19)17(14)23-10-13-4-2-1-3-12(13)9-20/h1-8H,10H2,(H,21,22)/b6-5+. The van der Waals surface area contributed by atoms with Gasteiger partial charge in [-0.15, -0.1) is 0 Å². The van der Waals surface area contributed by atoms with Crippen LogP contribution in [0.25, 0.3) is 6.08 Å². The molecule has 2 rings (SSSR count). The first-order valence-corrected chi connectivity index (χ1v) is 8.10. The van der Waals surface area contributed by atoms with Crippen LogP contribution in [0.3, 0.4) is 0 Å². The van der Waals surface area contributed by atoms with Gasteiger partial charge < -0.3 is 9.84 Å². The Labute approximate surface area is 150 Å². The van der Waals surface area contributed by atoms with E-state index in [0.717, 1.165) is 17.2 Å². The first kappa shape index (κ1) is 17.3. The summed E-state index contributed by atoms with van der Waals surface area (Å²) in [5.74, 6) is -0.420. The minimum Gasteiger partial charge on any atom is -0.486 e. The van der Waals surface area contributed by atoms with Gasteiger partial charge in [0.05, 0.1) is 20.6 Å². The first-order chi connectivity index (χ1) is 11.0. The molecule has 6 heteroatoms. The van der Waals surface area contributed by atoms with E-state index in [4.69, 9.17) is 15.1 Å². The molecule has 0 aromatic heterocycles. The van der Waals surface area contributed by atoms with E-state index in [1.54, 1.807) is 24.3 Å². The van der Waals surface area contributed by atoms with Crippen molar-refractivity contribution in [2.75, 3.05) is 0 Å². The largest absolute Gasteiger partial charge is 0.486 e. The van der Waals surface area contributed by atoms with E-state index < -0.39 is 5.97 Å². The molecule has 0 amide bonds. The summed E-state index contributed by atoms with van der Waals surface area (Å²) in [7, 11) is 0. The molecule has 1 N–H and O–H groups in total. The molecule has 2 aromatic carbocycles. The lowest BCUT2D eigenvalue weighted by Crippen LogP contribution is -1.99. The summed E-state index contributed by atoms with van der Waals surface area (Å²) in [5.41, 5.74) is 2.08. The molecule has 116 valence electrons. The van der Waals surface area contributed by atoms with Crippen LogP contribution in [-0.2, 0) is 11.4 Å². The molecule has 0 heterocycles. The van der Waals surface area contributed by atoms with E-state index in [1.165, 1.54) is 6.08 Å². The van der Waals surface area contributed by atoms with Crippen LogP contribution >= 0.6 is 31.9 Å². The van der Waals surface area contributed by atoms with Gasteiger partial charge in [-0.25, -0.2) is 4.79 Å².